The predicted molar refractivity (Wildman–Crippen MR) is 195 cm³/mol. The summed E-state index contributed by atoms with van der Waals surface area (Å²) in [7, 11) is 0. The van der Waals surface area contributed by atoms with E-state index in [1.165, 1.54) is 0 Å². The summed E-state index contributed by atoms with van der Waals surface area (Å²) in [4.78, 5) is 86.4. The number of nitrogens with one attached hydrogen (secondary N) is 4. The number of hydrogen-bond acceptors (Lipinski definition) is 8. The van der Waals surface area contributed by atoms with Crippen LogP contribution in [0.2, 0.25) is 0 Å². The van der Waals surface area contributed by atoms with E-state index in [-0.39, 0.29) is 35.1 Å². The SMILES string of the molecule is CCCC(NC(=O)[C@@H]1CC2(CN1C(=O)C(NC(=O)N[C@H](C(=O)N1CCOCC1)C1CCCCC1)C(C)(C)C)C(C)(C)C21COC1)C(=O)C(=O)NC1CC1. The van der Waals surface area contributed by atoms with Gasteiger partial charge in [-0.1, -0.05) is 67.2 Å². The second-order valence-corrected chi connectivity index (χ2v) is 18.2. The largest absolute Gasteiger partial charge is 0.380 e. The zero-order valence-corrected chi connectivity index (χ0v) is 32.6. The highest BCUT2D eigenvalue weighted by Gasteiger charge is 2.86. The van der Waals surface area contributed by atoms with Gasteiger partial charge in [-0.05, 0) is 55.3 Å². The van der Waals surface area contributed by atoms with Gasteiger partial charge in [0.05, 0.1) is 32.5 Å². The smallest absolute Gasteiger partial charge is 0.316 e. The van der Waals surface area contributed by atoms with Gasteiger partial charge in [0.1, 0.15) is 18.1 Å². The van der Waals surface area contributed by atoms with Crippen LogP contribution in [0.25, 0.3) is 0 Å². The van der Waals surface area contributed by atoms with Crippen molar-refractivity contribution < 1.29 is 38.2 Å². The van der Waals surface area contributed by atoms with Crippen molar-refractivity contribution in [1.29, 1.82) is 0 Å². The van der Waals surface area contributed by atoms with Crippen LogP contribution in [0.1, 0.15) is 106 Å². The molecule has 6 amide bonds. The third-order valence-electron chi connectivity index (χ3n) is 13.6. The summed E-state index contributed by atoms with van der Waals surface area (Å²) in [6, 6.07) is -4.31. The van der Waals surface area contributed by atoms with E-state index in [1.54, 1.807) is 9.80 Å². The second kappa shape index (κ2) is 15.1. The Kier molecular flexibility index (Phi) is 11.2. The highest BCUT2D eigenvalue weighted by molar-refractivity contribution is 6.38. The lowest BCUT2D eigenvalue weighted by Gasteiger charge is -2.38. The number of urea groups is 1. The van der Waals surface area contributed by atoms with Crippen molar-refractivity contribution in [3.05, 3.63) is 0 Å². The Morgan fingerprint density at radius 1 is 0.830 bits per heavy atom. The van der Waals surface area contributed by atoms with Crippen molar-refractivity contribution >= 4 is 35.4 Å². The first kappa shape index (κ1) is 39.4. The van der Waals surface area contributed by atoms with E-state index in [4.69, 9.17) is 9.47 Å². The summed E-state index contributed by atoms with van der Waals surface area (Å²) in [6.07, 6.45) is 7.64. The molecule has 0 bridgehead atoms. The van der Waals surface area contributed by atoms with Gasteiger partial charge in [-0.2, -0.15) is 0 Å². The van der Waals surface area contributed by atoms with Gasteiger partial charge in [0.2, 0.25) is 23.5 Å². The number of ether oxygens (including phenoxy) is 2. The van der Waals surface area contributed by atoms with Crippen LogP contribution in [0, 0.1) is 27.6 Å². The number of fused-ring (bicyclic) bond motifs is 1. The average molecular weight is 743 g/mol. The fourth-order valence-electron chi connectivity index (χ4n) is 9.80. The van der Waals surface area contributed by atoms with Crippen LogP contribution in [-0.4, -0.2) is 122 Å². The summed E-state index contributed by atoms with van der Waals surface area (Å²) in [6.45, 7) is 15.0. The summed E-state index contributed by atoms with van der Waals surface area (Å²) in [5.41, 5.74) is -1.57. The van der Waals surface area contributed by atoms with E-state index in [0.717, 1.165) is 44.9 Å². The molecule has 296 valence electrons. The number of carbonyl (C=O) groups excluding carboxylic acids is 6. The van der Waals surface area contributed by atoms with Crippen LogP contribution < -0.4 is 21.3 Å². The van der Waals surface area contributed by atoms with Gasteiger partial charge < -0.3 is 40.5 Å². The van der Waals surface area contributed by atoms with Gasteiger partial charge >= 0.3 is 6.03 Å². The topological polar surface area (TPSA) is 175 Å². The molecular formula is C39H62N6O8. The van der Waals surface area contributed by atoms with E-state index >= 15 is 0 Å². The van der Waals surface area contributed by atoms with Gasteiger partial charge in [-0.3, -0.25) is 24.0 Å². The standard InChI is InChI=1S/C39H62N6O8/c1-7-11-26(29(46)32(48)40-25-14-15-25)41-31(47)27-20-38(37(5,6)39(38)22-53-23-39)21-45(27)34(50)30(36(2,3)4)43-35(51)42-28(24-12-9-8-10-13-24)33(49)44-16-18-52-19-17-44/h24-28,30H,7-23H2,1-6H3,(H,40,48)(H,41,47)(H2,42,43,51)/t26?,27-,28-,30?,38?/m0/s1. The number of ketones is 1. The first-order valence-electron chi connectivity index (χ1n) is 20.0. The lowest BCUT2D eigenvalue weighted by molar-refractivity contribution is -0.144. The molecule has 0 aromatic carbocycles. The summed E-state index contributed by atoms with van der Waals surface area (Å²) in [5.74, 6) is -2.40. The highest BCUT2D eigenvalue weighted by Crippen LogP contribution is 2.84. The van der Waals surface area contributed by atoms with Crippen LogP contribution in [0.15, 0.2) is 0 Å². The van der Waals surface area contributed by atoms with E-state index in [1.807, 2.05) is 27.7 Å². The first-order chi connectivity index (χ1) is 25.1. The molecule has 14 nitrogen and oxygen atoms in total. The van der Waals surface area contributed by atoms with Crippen LogP contribution in [0.4, 0.5) is 4.79 Å². The molecule has 0 aromatic heterocycles. The molecular weight excluding hydrogens is 680 g/mol. The Morgan fingerprint density at radius 2 is 1.49 bits per heavy atom. The quantitative estimate of drug-likeness (QED) is 0.221. The summed E-state index contributed by atoms with van der Waals surface area (Å²) < 4.78 is 11.2. The zero-order chi connectivity index (χ0) is 38.3. The number of hydrogen-bond donors (Lipinski definition) is 4. The molecule has 4 N–H and O–H groups in total. The molecule has 3 unspecified atom stereocenters. The maximum absolute atomic E-state index is 14.9. The Labute approximate surface area is 313 Å². The Balaban J connectivity index is 1.23. The monoisotopic (exact) mass is 742 g/mol. The molecule has 6 fully saturated rings. The van der Waals surface area contributed by atoms with Gasteiger partial charge in [-0.15, -0.1) is 0 Å². The predicted octanol–water partition coefficient (Wildman–Crippen LogP) is 2.28. The minimum absolute atomic E-state index is 0.000297. The lowest BCUT2D eigenvalue weighted by atomic mass is 9.83. The van der Waals surface area contributed by atoms with Gasteiger partial charge in [0.25, 0.3) is 5.91 Å². The molecule has 6 aliphatic rings. The third kappa shape index (κ3) is 7.43. The Bertz CT molecular complexity index is 1440. The van der Waals surface area contributed by atoms with Crippen LogP contribution in [0.5, 0.6) is 0 Å². The maximum Gasteiger partial charge on any atom is 0.316 e. The molecule has 3 aliphatic heterocycles. The van der Waals surface area contributed by atoms with Crippen molar-refractivity contribution in [3.8, 4) is 0 Å². The van der Waals surface area contributed by atoms with Crippen LogP contribution >= 0.6 is 0 Å². The molecule has 0 radical (unpaired) electrons. The van der Waals surface area contributed by atoms with Crippen molar-refractivity contribution in [2.75, 3.05) is 46.1 Å². The minimum atomic E-state index is -1.04. The van der Waals surface area contributed by atoms with E-state index in [9.17, 15) is 28.8 Å². The van der Waals surface area contributed by atoms with Gasteiger partial charge in [0, 0.05) is 36.5 Å². The maximum atomic E-state index is 14.9. The first-order valence-corrected chi connectivity index (χ1v) is 20.0. The number of nitrogens with zero attached hydrogens (tertiary/aromatic N) is 2. The van der Waals surface area contributed by atoms with Crippen LogP contribution in [0.3, 0.4) is 0 Å². The zero-order valence-electron chi connectivity index (χ0n) is 32.6. The minimum Gasteiger partial charge on any atom is -0.380 e. The van der Waals surface area contributed by atoms with E-state index < -0.39 is 64.5 Å². The van der Waals surface area contributed by atoms with Crippen molar-refractivity contribution in [2.24, 2.45) is 27.6 Å². The van der Waals surface area contributed by atoms with Crippen molar-refractivity contribution in [3.63, 3.8) is 0 Å². The van der Waals surface area contributed by atoms with Gasteiger partial charge in [-0.25, -0.2) is 4.79 Å². The van der Waals surface area contributed by atoms with E-state index in [2.05, 4.69) is 35.1 Å². The molecule has 0 aromatic rings. The molecule has 3 aliphatic carbocycles. The third-order valence-corrected chi connectivity index (χ3v) is 13.6. The molecule has 2 spiro atoms. The average Bonchev–Trinajstić information content (AvgIpc) is 3.94. The van der Waals surface area contributed by atoms with E-state index in [0.29, 0.717) is 58.9 Å². The normalized spacial score (nSPS) is 28.0. The van der Waals surface area contributed by atoms with Crippen molar-refractivity contribution in [2.45, 2.75) is 136 Å². The molecule has 53 heavy (non-hydrogen) atoms. The van der Waals surface area contributed by atoms with Gasteiger partial charge in [0.15, 0.2) is 0 Å². The Hall–Kier alpha value is -3.26. The van der Waals surface area contributed by atoms with Crippen molar-refractivity contribution in [1.82, 2.24) is 31.1 Å². The number of likely N-dealkylation sites (tertiary alicyclic amines) is 1. The number of Topliss-reactive ketones (excluding diaryl/α,β-unsaturated/α-hetero) is 1. The highest BCUT2D eigenvalue weighted by atomic mass is 16.5. The number of morpholine rings is 1. The molecule has 3 saturated heterocycles. The summed E-state index contributed by atoms with van der Waals surface area (Å²) in [5, 5.41) is 11.6. The number of carbonyl (C=O) groups is 6. The fraction of sp³-hybridized carbons (Fsp3) is 0.846. The summed E-state index contributed by atoms with van der Waals surface area (Å²) >= 11 is 0. The molecule has 5 atom stereocenters. The Morgan fingerprint density at radius 3 is 2.04 bits per heavy atom. The fourth-order valence-corrected chi connectivity index (χ4v) is 9.80. The molecule has 3 saturated carbocycles. The number of rotatable bonds is 12. The second-order valence-electron chi connectivity index (χ2n) is 18.2. The number of amides is 6. The van der Waals surface area contributed by atoms with Crippen LogP contribution in [-0.2, 0) is 33.4 Å². The molecule has 3 heterocycles. The molecule has 14 heteroatoms. The molecule has 6 rings (SSSR count). The lowest BCUT2D eigenvalue weighted by Crippen LogP contribution is -2.62.